The lowest BCUT2D eigenvalue weighted by Gasteiger charge is -2.04. The number of methoxy groups -OCH3 is 1. The van der Waals surface area contributed by atoms with E-state index in [4.69, 9.17) is 10.5 Å². The van der Waals surface area contributed by atoms with Crippen LogP contribution in [0.2, 0.25) is 0 Å². The Morgan fingerprint density at radius 3 is 2.67 bits per heavy atom. The van der Waals surface area contributed by atoms with Crippen LogP contribution in [0.5, 0.6) is 5.75 Å². The second kappa shape index (κ2) is 3.34. The van der Waals surface area contributed by atoms with Crippen molar-refractivity contribution in [2.45, 2.75) is 6.43 Å². The average molecular weight is 174 g/mol. The predicted octanol–water partition coefficient (Wildman–Crippen LogP) is 1.61. The Balaban J connectivity index is 3.02. The van der Waals surface area contributed by atoms with E-state index in [1.54, 1.807) is 0 Å². The first-order valence-electron chi connectivity index (χ1n) is 3.22. The van der Waals surface area contributed by atoms with E-state index in [9.17, 15) is 8.78 Å². The van der Waals surface area contributed by atoms with Gasteiger partial charge in [0.15, 0.2) is 5.75 Å². The van der Waals surface area contributed by atoms with E-state index in [1.165, 1.54) is 13.3 Å². The summed E-state index contributed by atoms with van der Waals surface area (Å²) in [5, 5.41) is 0. The summed E-state index contributed by atoms with van der Waals surface area (Å²) in [6.07, 6.45) is -1.42. The molecule has 0 aliphatic heterocycles. The highest BCUT2D eigenvalue weighted by Crippen LogP contribution is 2.24. The number of aromatic nitrogens is 1. The van der Waals surface area contributed by atoms with Gasteiger partial charge in [0.25, 0.3) is 6.43 Å². The van der Waals surface area contributed by atoms with Crippen LogP contribution in [0.3, 0.4) is 0 Å². The first-order valence-corrected chi connectivity index (χ1v) is 3.22. The molecule has 0 atom stereocenters. The number of halogens is 2. The fraction of sp³-hybridized carbons (Fsp3) is 0.286. The zero-order valence-electron chi connectivity index (χ0n) is 6.42. The van der Waals surface area contributed by atoms with Gasteiger partial charge in [-0.25, -0.2) is 8.78 Å². The molecule has 0 saturated carbocycles. The smallest absolute Gasteiger partial charge is 0.280 e. The van der Waals surface area contributed by atoms with Crippen LogP contribution in [0, 0.1) is 0 Å². The van der Waals surface area contributed by atoms with E-state index in [0.29, 0.717) is 5.75 Å². The largest absolute Gasteiger partial charge is 0.493 e. The molecule has 0 fully saturated rings. The first-order chi connectivity index (χ1) is 5.65. The second-order valence-electron chi connectivity index (χ2n) is 2.15. The maximum atomic E-state index is 12.0. The van der Waals surface area contributed by atoms with Gasteiger partial charge in [0.05, 0.1) is 19.0 Å². The van der Waals surface area contributed by atoms with Crippen molar-refractivity contribution in [1.29, 1.82) is 0 Å². The molecule has 66 valence electrons. The summed E-state index contributed by atoms with van der Waals surface area (Å²) in [6.45, 7) is 0. The number of hydrogen-bond acceptors (Lipinski definition) is 3. The van der Waals surface area contributed by atoms with Crippen LogP contribution < -0.4 is 10.5 Å². The number of pyridine rings is 1. The zero-order chi connectivity index (χ0) is 9.14. The quantitative estimate of drug-likeness (QED) is 0.740. The lowest BCUT2D eigenvalue weighted by atomic mass is 10.3. The number of hydrogen-bond donors (Lipinski definition) is 1. The Bertz CT molecular complexity index is 278. The van der Waals surface area contributed by atoms with Gasteiger partial charge in [-0.3, -0.25) is 4.98 Å². The molecule has 0 unspecified atom stereocenters. The minimum absolute atomic E-state index is 0.169. The molecular weight excluding hydrogens is 166 g/mol. The van der Waals surface area contributed by atoms with E-state index < -0.39 is 6.43 Å². The summed E-state index contributed by atoms with van der Waals surface area (Å²) >= 11 is 0. The molecule has 0 saturated heterocycles. The molecule has 2 N–H and O–H groups in total. The SMILES string of the molecule is COc1cnc(C(F)F)cc1N. The lowest BCUT2D eigenvalue weighted by molar-refractivity contribution is 0.146. The van der Waals surface area contributed by atoms with Crippen molar-refractivity contribution < 1.29 is 13.5 Å². The molecule has 12 heavy (non-hydrogen) atoms. The third-order valence-electron chi connectivity index (χ3n) is 1.36. The molecule has 1 heterocycles. The number of ether oxygens (including phenoxy) is 1. The molecule has 0 aliphatic rings. The van der Waals surface area contributed by atoms with Gasteiger partial charge < -0.3 is 10.5 Å². The van der Waals surface area contributed by atoms with Crippen molar-refractivity contribution in [2.75, 3.05) is 12.8 Å². The van der Waals surface area contributed by atoms with Crippen molar-refractivity contribution in [3.63, 3.8) is 0 Å². The molecule has 0 amide bonds. The van der Waals surface area contributed by atoms with Crippen molar-refractivity contribution >= 4 is 5.69 Å². The lowest BCUT2D eigenvalue weighted by Crippen LogP contribution is -1.97. The molecule has 0 radical (unpaired) electrons. The molecule has 0 aromatic carbocycles. The average Bonchev–Trinajstić information content (AvgIpc) is 2.04. The maximum absolute atomic E-state index is 12.0. The number of nitrogen functional groups attached to an aromatic ring is 1. The van der Waals surface area contributed by atoms with Crippen molar-refractivity contribution in [3.05, 3.63) is 18.0 Å². The highest BCUT2D eigenvalue weighted by Gasteiger charge is 2.10. The van der Waals surface area contributed by atoms with Crippen molar-refractivity contribution in [1.82, 2.24) is 4.98 Å². The Kier molecular flexibility index (Phi) is 2.42. The van der Waals surface area contributed by atoms with Crippen LogP contribution in [-0.2, 0) is 0 Å². The summed E-state index contributed by atoms with van der Waals surface area (Å²) < 4.78 is 28.8. The van der Waals surface area contributed by atoms with E-state index in [-0.39, 0.29) is 11.4 Å². The molecule has 1 rings (SSSR count). The van der Waals surface area contributed by atoms with Gasteiger partial charge in [-0.05, 0) is 6.07 Å². The molecule has 0 spiro atoms. The summed E-state index contributed by atoms with van der Waals surface area (Å²) in [4.78, 5) is 3.45. The minimum atomic E-state index is -2.60. The van der Waals surface area contributed by atoms with Gasteiger partial charge in [0.2, 0.25) is 0 Å². The van der Waals surface area contributed by atoms with Crippen LogP contribution in [-0.4, -0.2) is 12.1 Å². The number of nitrogens with zero attached hydrogens (tertiary/aromatic N) is 1. The number of nitrogens with two attached hydrogens (primary N) is 1. The molecule has 0 aliphatic carbocycles. The van der Waals surface area contributed by atoms with Crippen LogP contribution in [0.25, 0.3) is 0 Å². The van der Waals surface area contributed by atoms with E-state index >= 15 is 0 Å². The topological polar surface area (TPSA) is 48.1 Å². The summed E-state index contributed by atoms with van der Waals surface area (Å²) in [5.41, 5.74) is 5.20. The van der Waals surface area contributed by atoms with Gasteiger partial charge in [-0.15, -0.1) is 0 Å². The molecule has 3 nitrogen and oxygen atoms in total. The fourth-order valence-electron chi connectivity index (χ4n) is 0.765. The molecular formula is C7H8F2N2O. The first kappa shape index (κ1) is 8.70. The number of rotatable bonds is 2. The van der Waals surface area contributed by atoms with Crippen molar-refractivity contribution in [2.24, 2.45) is 0 Å². The van der Waals surface area contributed by atoms with Gasteiger partial charge in [-0.2, -0.15) is 0 Å². The third-order valence-corrected chi connectivity index (χ3v) is 1.36. The summed E-state index contributed by atoms with van der Waals surface area (Å²) in [5.74, 6) is 0.305. The molecule has 0 bridgehead atoms. The molecule has 1 aromatic heterocycles. The normalized spacial score (nSPS) is 10.3. The van der Waals surface area contributed by atoms with Crippen LogP contribution >= 0.6 is 0 Å². The highest BCUT2D eigenvalue weighted by atomic mass is 19.3. The zero-order valence-corrected chi connectivity index (χ0v) is 6.42. The third kappa shape index (κ3) is 1.61. The van der Waals surface area contributed by atoms with Gasteiger partial charge in [0, 0.05) is 0 Å². The van der Waals surface area contributed by atoms with Crippen molar-refractivity contribution in [3.8, 4) is 5.75 Å². The number of anilines is 1. The molecule has 5 heteroatoms. The Hall–Kier alpha value is -1.39. The maximum Gasteiger partial charge on any atom is 0.280 e. The Labute approximate surface area is 68.2 Å². The fourth-order valence-corrected chi connectivity index (χ4v) is 0.765. The minimum Gasteiger partial charge on any atom is -0.493 e. The van der Waals surface area contributed by atoms with Gasteiger partial charge in [0.1, 0.15) is 5.69 Å². The van der Waals surface area contributed by atoms with Gasteiger partial charge >= 0.3 is 0 Å². The summed E-state index contributed by atoms with van der Waals surface area (Å²) in [6, 6.07) is 1.10. The predicted molar refractivity (Wildman–Crippen MR) is 40.2 cm³/mol. The highest BCUT2D eigenvalue weighted by molar-refractivity contribution is 5.51. The van der Waals surface area contributed by atoms with Gasteiger partial charge in [-0.1, -0.05) is 0 Å². The number of alkyl halides is 2. The Morgan fingerprint density at radius 1 is 1.58 bits per heavy atom. The van der Waals surface area contributed by atoms with Crippen LogP contribution in [0.1, 0.15) is 12.1 Å². The van der Waals surface area contributed by atoms with E-state index in [1.807, 2.05) is 0 Å². The summed E-state index contributed by atoms with van der Waals surface area (Å²) in [7, 11) is 1.40. The standard InChI is InChI=1S/C7H8F2N2O/c1-12-6-3-11-5(7(8)9)2-4(6)10/h2-3,7H,1H3,(H2,10,11). The molecule has 1 aromatic rings. The van der Waals surface area contributed by atoms with E-state index in [2.05, 4.69) is 4.98 Å². The van der Waals surface area contributed by atoms with E-state index in [0.717, 1.165) is 6.07 Å². The second-order valence-corrected chi connectivity index (χ2v) is 2.15. The Morgan fingerprint density at radius 2 is 2.25 bits per heavy atom. The van der Waals surface area contributed by atoms with Crippen LogP contribution in [0.4, 0.5) is 14.5 Å². The monoisotopic (exact) mass is 174 g/mol. The van der Waals surface area contributed by atoms with Crippen LogP contribution in [0.15, 0.2) is 12.3 Å².